The van der Waals surface area contributed by atoms with Crippen LogP contribution in [-0.4, -0.2) is 19.3 Å². The molecule has 0 amide bonds. The highest BCUT2D eigenvalue weighted by molar-refractivity contribution is 5.36. The minimum Gasteiger partial charge on any atom is -0.496 e. The molecule has 19 heavy (non-hydrogen) atoms. The zero-order valence-electron chi connectivity index (χ0n) is 11.0. The van der Waals surface area contributed by atoms with E-state index < -0.39 is 30.5 Å². The fourth-order valence-corrected chi connectivity index (χ4v) is 2.03. The van der Waals surface area contributed by atoms with E-state index in [9.17, 15) is 17.6 Å². The fraction of sp³-hybridized carbons (Fsp3) is 0.538. The summed E-state index contributed by atoms with van der Waals surface area (Å²) in [6.07, 6.45) is -5.21. The summed E-state index contributed by atoms with van der Waals surface area (Å²) in [7, 11) is 1.39. The zero-order valence-corrected chi connectivity index (χ0v) is 11.0. The number of ether oxygens (including phenoxy) is 1. The molecular weight excluding hydrogens is 262 g/mol. The van der Waals surface area contributed by atoms with Crippen LogP contribution in [0.5, 0.6) is 5.75 Å². The summed E-state index contributed by atoms with van der Waals surface area (Å²) in [5.74, 6) is -0.183. The van der Waals surface area contributed by atoms with Gasteiger partial charge in [-0.05, 0) is 26.0 Å². The molecule has 2 unspecified atom stereocenters. The second-order valence-corrected chi connectivity index (χ2v) is 4.46. The van der Waals surface area contributed by atoms with Crippen LogP contribution >= 0.6 is 0 Å². The van der Waals surface area contributed by atoms with Gasteiger partial charge in [0.25, 0.3) is 0 Å². The number of hydrogen-bond acceptors (Lipinski definition) is 2. The van der Waals surface area contributed by atoms with Crippen LogP contribution in [0.3, 0.4) is 0 Å². The molecule has 0 aromatic heterocycles. The molecule has 108 valence electrons. The molecule has 0 aliphatic rings. The normalized spacial score (nSPS) is 15.1. The van der Waals surface area contributed by atoms with Gasteiger partial charge in [0.1, 0.15) is 11.6 Å². The molecule has 1 aromatic carbocycles. The molecule has 2 atom stereocenters. The van der Waals surface area contributed by atoms with Crippen LogP contribution in [0.1, 0.15) is 31.9 Å². The Bertz CT molecular complexity index is 420. The van der Waals surface area contributed by atoms with E-state index in [1.54, 1.807) is 13.0 Å². The van der Waals surface area contributed by atoms with Crippen molar-refractivity contribution in [2.45, 2.75) is 38.5 Å². The minimum atomic E-state index is -4.24. The van der Waals surface area contributed by atoms with Crippen molar-refractivity contribution in [1.29, 1.82) is 0 Å². The maximum Gasteiger partial charge on any atom is 0.390 e. The Morgan fingerprint density at radius 2 is 1.89 bits per heavy atom. The molecule has 1 aromatic rings. The van der Waals surface area contributed by atoms with Crippen LogP contribution in [0.15, 0.2) is 18.2 Å². The van der Waals surface area contributed by atoms with E-state index in [2.05, 4.69) is 5.32 Å². The van der Waals surface area contributed by atoms with Gasteiger partial charge < -0.3 is 10.1 Å². The third-order valence-corrected chi connectivity index (χ3v) is 2.74. The second-order valence-electron chi connectivity index (χ2n) is 4.46. The van der Waals surface area contributed by atoms with E-state index in [1.165, 1.54) is 26.2 Å². The number of hydrogen-bond donors (Lipinski definition) is 1. The van der Waals surface area contributed by atoms with Crippen molar-refractivity contribution >= 4 is 0 Å². The highest BCUT2D eigenvalue weighted by Gasteiger charge is 2.31. The van der Waals surface area contributed by atoms with Crippen LogP contribution in [-0.2, 0) is 0 Å². The third kappa shape index (κ3) is 4.70. The monoisotopic (exact) mass is 279 g/mol. The van der Waals surface area contributed by atoms with Gasteiger partial charge in [0.15, 0.2) is 0 Å². The summed E-state index contributed by atoms with van der Waals surface area (Å²) in [6, 6.07) is 2.94. The molecular formula is C13H17F4NO. The molecule has 0 spiro atoms. The fourth-order valence-electron chi connectivity index (χ4n) is 2.03. The molecule has 0 aliphatic heterocycles. The maximum absolute atomic E-state index is 13.7. The van der Waals surface area contributed by atoms with Crippen molar-refractivity contribution in [1.82, 2.24) is 5.32 Å². The molecule has 0 saturated heterocycles. The number of methoxy groups -OCH3 is 1. The van der Waals surface area contributed by atoms with E-state index in [4.69, 9.17) is 4.74 Å². The summed E-state index contributed by atoms with van der Waals surface area (Å²) < 4.78 is 55.5. The molecule has 0 bridgehead atoms. The van der Waals surface area contributed by atoms with Crippen LogP contribution in [0, 0.1) is 5.82 Å². The summed E-state index contributed by atoms with van der Waals surface area (Å²) in [5.41, 5.74) is 0.235. The number of halogens is 4. The molecule has 2 nitrogen and oxygen atoms in total. The van der Waals surface area contributed by atoms with Gasteiger partial charge in [-0.3, -0.25) is 0 Å². The lowest BCUT2D eigenvalue weighted by Gasteiger charge is -2.23. The molecule has 6 heteroatoms. The van der Waals surface area contributed by atoms with Crippen LogP contribution in [0.2, 0.25) is 0 Å². The summed E-state index contributed by atoms with van der Waals surface area (Å²) in [6.45, 7) is 3.02. The molecule has 1 rings (SSSR count). The van der Waals surface area contributed by atoms with E-state index in [-0.39, 0.29) is 5.56 Å². The number of alkyl halides is 3. The SMILES string of the molecule is COc1cccc(F)c1C(C)NC(C)CC(F)(F)F. The third-order valence-electron chi connectivity index (χ3n) is 2.74. The standard InChI is InChI=1S/C13H17F4NO/c1-8(7-13(15,16)17)18-9(2)12-10(14)5-4-6-11(12)19-3/h4-6,8-9,18H,7H2,1-3H3. The average Bonchev–Trinajstić information content (AvgIpc) is 2.25. The van der Waals surface area contributed by atoms with Gasteiger partial charge >= 0.3 is 6.18 Å². The topological polar surface area (TPSA) is 21.3 Å². The minimum absolute atomic E-state index is 0.235. The van der Waals surface area contributed by atoms with Crippen LogP contribution in [0.25, 0.3) is 0 Å². The Balaban J connectivity index is 2.81. The van der Waals surface area contributed by atoms with Gasteiger partial charge in [-0.2, -0.15) is 13.2 Å². The lowest BCUT2D eigenvalue weighted by molar-refractivity contribution is -0.139. The van der Waals surface area contributed by atoms with Gasteiger partial charge in [0, 0.05) is 17.6 Å². The van der Waals surface area contributed by atoms with Crippen molar-refractivity contribution < 1.29 is 22.3 Å². The lowest BCUT2D eigenvalue weighted by atomic mass is 10.0. The first-order chi connectivity index (χ1) is 8.74. The predicted octanol–water partition coefficient (Wildman–Crippen LogP) is 3.83. The van der Waals surface area contributed by atoms with E-state index in [0.29, 0.717) is 5.75 Å². The van der Waals surface area contributed by atoms with E-state index in [0.717, 1.165) is 0 Å². The first-order valence-corrected chi connectivity index (χ1v) is 5.89. The Hall–Kier alpha value is -1.30. The quantitative estimate of drug-likeness (QED) is 0.827. The largest absolute Gasteiger partial charge is 0.496 e. The van der Waals surface area contributed by atoms with Crippen molar-refractivity contribution in [3.8, 4) is 5.75 Å². The molecule has 0 fully saturated rings. The second kappa shape index (κ2) is 6.23. The van der Waals surface area contributed by atoms with Gasteiger partial charge in [-0.25, -0.2) is 4.39 Å². The molecule has 1 N–H and O–H groups in total. The highest BCUT2D eigenvalue weighted by atomic mass is 19.4. The van der Waals surface area contributed by atoms with Gasteiger partial charge in [0.2, 0.25) is 0 Å². The molecule has 0 heterocycles. The number of nitrogens with one attached hydrogen (secondary N) is 1. The maximum atomic E-state index is 13.7. The molecule has 0 saturated carbocycles. The Labute approximate surface area is 109 Å². The zero-order chi connectivity index (χ0) is 14.6. The first kappa shape index (κ1) is 15.8. The smallest absolute Gasteiger partial charge is 0.390 e. The Kier molecular flexibility index (Phi) is 5.17. The highest BCUT2D eigenvalue weighted by Crippen LogP contribution is 2.29. The van der Waals surface area contributed by atoms with Gasteiger partial charge in [0.05, 0.1) is 13.5 Å². The van der Waals surface area contributed by atoms with Gasteiger partial charge in [-0.1, -0.05) is 6.07 Å². The van der Waals surface area contributed by atoms with E-state index >= 15 is 0 Å². The van der Waals surface area contributed by atoms with Crippen molar-refractivity contribution in [3.63, 3.8) is 0 Å². The number of benzene rings is 1. The van der Waals surface area contributed by atoms with Crippen molar-refractivity contribution in [2.75, 3.05) is 7.11 Å². The molecule has 0 aliphatic carbocycles. The molecule has 0 radical (unpaired) electrons. The number of rotatable bonds is 5. The van der Waals surface area contributed by atoms with Crippen molar-refractivity contribution in [3.05, 3.63) is 29.6 Å². The summed E-state index contributed by atoms with van der Waals surface area (Å²) in [5, 5.41) is 2.73. The van der Waals surface area contributed by atoms with E-state index in [1.807, 2.05) is 0 Å². The predicted molar refractivity (Wildman–Crippen MR) is 64.6 cm³/mol. The average molecular weight is 279 g/mol. The van der Waals surface area contributed by atoms with Crippen molar-refractivity contribution in [2.24, 2.45) is 0 Å². The lowest BCUT2D eigenvalue weighted by Crippen LogP contribution is -2.33. The Morgan fingerprint density at radius 3 is 2.42 bits per heavy atom. The summed E-state index contributed by atoms with van der Waals surface area (Å²) >= 11 is 0. The Morgan fingerprint density at radius 1 is 1.26 bits per heavy atom. The van der Waals surface area contributed by atoms with Crippen LogP contribution in [0.4, 0.5) is 17.6 Å². The summed E-state index contributed by atoms with van der Waals surface area (Å²) in [4.78, 5) is 0. The van der Waals surface area contributed by atoms with Gasteiger partial charge in [-0.15, -0.1) is 0 Å². The van der Waals surface area contributed by atoms with Crippen LogP contribution < -0.4 is 10.1 Å². The first-order valence-electron chi connectivity index (χ1n) is 5.89.